The third kappa shape index (κ3) is 4.74. The van der Waals surface area contributed by atoms with E-state index in [4.69, 9.17) is 0 Å². The minimum absolute atomic E-state index is 0.623. The molecule has 0 amide bonds. The molecule has 0 atom stereocenters. The Kier molecular flexibility index (Phi) is 5.14. The predicted octanol–water partition coefficient (Wildman–Crippen LogP) is 4.30. The summed E-state index contributed by atoms with van der Waals surface area (Å²) in [6.45, 7) is 9.52. The standard InChI is InChI=1S/C17H24N4/c1-12(2)7-9-18-16-8-10-19-17(21-16)20-15-11-13(3)5-6-14(15)4/h5-6,8,10-12H,7,9H2,1-4H3,(H2,18,19,20,21). The maximum Gasteiger partial charge on any atom is 0.229 e. The zero-order valence-electron chi connectivity index (χ0n) is 13.3. The van der Waals surface area contributed by atoms with Crippen molar-refractivity contribution in [3.63, 3.8) is 0 Å². The Morgan fingerprint density at radius 2 is 1.95 bits per heavy atom. The number of nitrogens with zero attached hydrogens (tertiary/aromatic N) is 2. The highest BCUT2D eigenvalue weighted by Crippen LogP contribution is 2.20. The summed E-state index contributed by atoms with van der Waals surface area (Å²) >= 11 is 0. The van der Waals surface area contributed by atoms with Crippen LogP contribution in [-0.2, 0) is 0 Å². The van der Waals surface area contributed by atoms with Crippen molar-refractivity contribution in [1.29, 1.82) is 0 Å². The lowest BCUT2D eigenvalue weighted by atomic mass is 10.1. The Balaban J connectivity index is 2.05. The van der Waals surface area contributed by atoms with E-state index < -0.39 is 0 Å². The van der Waals surface area contributed by atoms with Crippen LogP contribution in [0.4, 0.5) is 17.5 Å². The van der Waals surface area contributed by atoms with Gasteiger partial charge in [0.15, 0.2) is 0 Å². The minimum Gasteiger partial charge on any atom is -0.370 e. The summed E-state index contributed by atoms with van der Waals surface area (Å²) in [6, 6.07) is 8.21. The van der Waals surface area contributed by atoms with Gasteiger partial charge >= 0.3 is 0 Å². The molecule has 112 valence electrons. The molecule has 1 heterocycles. The van der Waals surface area contributed by atoms with E-state index in [0.717, 1.165) is 24.5 Å². The first kappa shape index (κ1) is 15.3. The van der Waals surface area contributed by atoms with Crippen molar-refractivity contribution in [2.75, 3.05) is 17.2 Å². The topological polar surface area (TPSA) is 49.8 Å². The van der Waals surface area contributed by atoms with Crippen LogP contribution in [0.1, 0.15) is 31.4 Å². The molecule has 0 bridgehead atoms. The van der Waals surface area contributed by atoms with Crippen LogP contribution in [0.2, 0.25) is 0 Å². The smallest absolute Gasteiger partial charge is 0.229 e. The first-order chi connectivity index (χ1) is 10.0. The van der Waals surface area contributed by atoms with Crippen LogP contribution in [0.3, 0.4) is 0 Å². The van der Waals surface area contributed by atoms with Gasteiger partial charge in [0.05, 0.1) is 0 Å². The summed E-state index contributed by atoms with van der Waals surface area (Å²) in [5.74, 6) is 2.17. The SMILES string of the molecule is Cc1ccc(C)c(Nc2nccc(NCCC(C)C)n2)c1. The van der Waals surface area contributed by atoms with Crippen molar-refractivity contribution in [1.82, 2.24) is 9.97 Å². The van der Waals surface area contributed by atoms with Gasteiger partial charge < -0.3 is 10.6 Å². The molecule has 0 unspecified atom stereocenters. The molecule has 1 aromatic heterocycles. The van der Waals surface area contributed by atoms with Gasteiger partial charge in [0.2, 0.25) is 5.95 Å². The number of nitrogens with one attached hydrogen (secondary N) is 2. The number of hydrogen-bond donors (Lipinski definition) is 2. The van der Waals surface area contributed by atoms with E-state index in [1.807, 2.05) is 6.07 Å². The number of aryl methyl sites for hydroxylation is 2. The summed E-state index contributed by atoms with van der Waals surface area (Å²) in [4.78, 5) is 8.79. The molecule has 21 heavy (non-hydrogen) atoms. The molecular formula is C17H24N4. The monoisotopic (exact) mass is 284 g/mol. The number of hydrogen-bond acceptors (Lipinski definition) is 4. The zero-order valence-corrected chi connectivity index (χ0v) is 13.3. The van der Waals surface area contributed by atoms with Crippen LogP contribution in [0.25, 0.3) is 0 Å². The van der Waals surface area contributed by atoms with Gasteiger partial charge in [0.1, 0.15) is 5.82 Å². The van der Waals surface area contributed by atoms with E-state index >= 15 is 0 Å². The molecule has 0 aliphatic heterocycles. The maximum absolute atomic E-state index is 4.50. The molecular weight excluding hydrogens is 260 g/mol. The second-order valence-electron chi connectivity index (χ2n) is 5.82. The molecule has 0 aliphatic rings. The lowest BCUT2D eigenvalue weighted by Gasteiger charge is -2.11. The molecule has 0 saturated heterocycles. The third-order valence-corrected chi connectivity index (χ3v) is 3.32. The fourth-order valence-corrected chi connectivity index (χ4v) is 2.00. The fourth-order valence-electron chi connectivity index (χ4n) is 2.00. The van der Waals surface area contributed by atoms with Gasteiger partial charge in [-0.1, -0.05) is 26.0 Å². The number of rotatable bonds is 6. The number of aromatic nitrogens is 2. The van der Waals surface area contributed by atoms with E-state index in [1.165, 1.54) is 11.1 Å². The lowest BCUT2D eigenvalue weighted by Crippen LogP contribution is -2.07. The van der Waals surface area contributed by atoms with Gasteiger partial charge in [-0.05, 0) is 49.4 Å². The van der Waals surface area contributed by atoms with Crippen molar-refractivity contribution in [2.45, 2.75) is 34.1 Å². The molecule has 0 spiro atoms. The zero-order chi connectivity index (χ0) is 15.2. The largest absolute Gasteiger partial charge is 0.370 e. The molecule has 0 aliphatic carbocycles. The van der Waals surface area contributed by atoms with E-state index in [0.29, 0.717) is 11.9 Å². The molecule has 4 nitrogen and oxygen atoms in total. The van der Waals surface area contributed by atoms with E-state index in [1.54, 1.807) is 6.20 Å². The van der Waals surface area contributed by atoms with E-state index in [9.17, 15) is 0 Å². The van der Waals surface area contributed by atoms with Crippen LogP contribution in [0.15, 0.2) is 30.5 Å². The predicted molar refractivity (Wildman–Crippen MR) is 89.2 cm³/mol. The van der Waals surface area contributed by atoms with Gasteiger partial charge in [-0.25, -0.2) is 4.98 Å². The fraction of sp³-hybridized carbons (Fsp3) is 0.412. The molecule has 4 heteroatoms. The van der Waals surface area contributed by atoms with Gasteiger partial charge in [-0.3, -0.25) is 0 Å². The third-order valence-electron chi connectivity index (χ3n) is 3.32. The maximum atomic E-state index is 4.50. The Morgan fingerprint density at radius 1 is 1.14 bits per heavy atom. The second kappa shape index (κ2) is 7.07. The van der Waals surface area contributed by atoms with Gasteiger partial charge in [-0.15, -0.1) is 0 Å². The van der Waals surface area contributed by atoms with Crippen LogP contribution in [0.5, 0.6) is 0 Å². The van der Waals surface area contributed by atoms with Gasteiger partial charge in [0, 0.05) is 18.4 Å². The second-order valence-corrected chi connectivity index (χ2v) is 5.82. The number of benzene rings is 1. The summed E-state index contributed by atoms with van der Waals surface area (Å²) in [7, 11) is 0. The summed E-state index contributed by atoms with van der Waals surface area (Å²) in [5.41, 5.74) is 3.45. The van der Waals surface area contributed by atoms with Crippen molar-refractivity contribution >= 4 is 17.5 Å². The molecule has 1 aromatic carbocycles. The summed E-state index contributed by atoms with van der Waals surface area (Å²) in [5, 5.41) is 6.63. The highest BCUT2D eigenvalue weighted by molar-refractivity contribution is 5.60. The Hall–Kier alpha value is -2.10. The Labute approximate surface area is 127 Å². The van der Waals surface area contributed by atoms with E-state index in [2.05, 4.69) is 66.5 Å². The van der Waals surface area contributed by atoms with Crippen LogP contribution >= 0.6 is 0 Å². The minimum atomic E-state index is 0.623. The first-order valence-corrected chi connectivity index (χ1v) is 7.46. The average molecular weight is 284 g/mol. The highest BCUT2D eigenvalue weighted by atomic mass is 15.1. The lowest BCUT2D eigenvalue weighted by molar-refractivity contribution is 0.606. The Bertz CT molecular complexity index is 593. The summed E-state index contributed by atoms with van der Waals surface area (Å²) < 4.78 is 0. The van der Waals surface area contributed by atoms with Crippen molar-refractivity contribution < 1.29 is 0 Å². The van der Waals surface area contributed by atoms with Crippen molar-refractivity contribution in [2.24, 2.45) is 5.92 Å². The van der Waals surface area contributed by atoms with E-state index in [-0.39, 0.29) is 0 Å². The van der Waals surface area contributed by atoms with Crippen LogP contribution in [0, 0.1) is 19.8 Å². The van der Waals surface area contributed by atoms with Gasteiger partial charge in [-0.2, -0.15) is 4.98 Å². The van der Waals surface area contributed by atoms with Crippen LogP contribution in [-0.4, -0.2) is 16.5 Å². The molecule has 2 N–H and O–H groups in total. The Morgan fingerprint density at radius 3 is 2.71 bits per heavy atom. The average Bonchev–Trinajstić information content (AvgIpc) is 2.43. The van der Waals surface area contributed by atoms with Crippen molar-refractivity contribution in [3.8, 4) is 0 Å². The van der Waals surface area contributed by atoms with Crippen LogP contribution < -0.4 is 10.6 Å². The van der Waals surface area contributed by atoms with Gasteiger partial charge in [0.25, 0.3) is 0 Å². The molecule has 0 saturated carbocycles. The molecule has 2 aromatic rings. The molecule has 2 rings (SSSR count). The van der Waals surface area contributed by atoms with Crippen molar-refractivity contribution in [3.05, 3.63) is 41.6 Å². The first-order valence-electron chi connectivity index (χ1n) is 7.46. The quantitative estimate of drug-likeness (QED) is 0.830. The molecule has 0 fully saturated rings. The highest BCUT2D eigenvalue weighted by Gasteiger charge is 2.03. The number of anilines is 3. The summed E-state index contributed by atoms with van der Waals surface area (Å²) in [6.07, 6.45) is 2.90. The normalized spacial score (nSPS) is 10.7. The molecule has 0 radical (unpaired) electrons.